The van der Waals surface area contributed by atoms with Crippen LogP contribution in [-0.4, -0.2) is 37.1 Å². The van der Waals surface area contributed by atoms with Crippen molar-refractivity contribution in [2.75, 3.05) is 26.2 Å². The summed E-state index contributed by atoms with van der Waals surface area (Å²) in [4.78, 5) is 13.6. The molecule has 0 aromatic heterocycles. The summed E-state index contributed by atoms with van der Waals surface area (Å²) in [6.07, 6.45) is 6.42. The Kier molecular flexibility index (Phi) is 6.46. The molecule has 1 atom stereocenters. The number of ether oxygens (including phenoxy) is 1. The van der Waals surface area contributed by atoms with Crippen LogP contribution in [0.4, 0.5) is 0 Å². The average molecular weight is 227 g/mol. The molecule has 0 amide bonds. The van der Waals surface area contributed by atoms with Crippen LogP contribution < -0.4 is 0 Å². The van der Waals surface area contributed by atoms with Gasteiger partial charge in [0.1, 0.15) is 0 Å². The molecular formula is C13H25NO2. The lowest BCUT2D eigenvalue weighted by molar-refractivity contribution is -0.144. The zero-order valence-corrected chi connectivity index (χ0v) is 10.7. The van der Waals surface area contributed by atoms with Crippen molar-refractivity contribution in [1.82, 2.24) is 4.90 Å². The average Bonchev–Trinajstić information content (AvgIpc) is 2.45. The van der Waals surface area contributed by atoms with E-state index in [4.69, 9.17) is 4.74 Å². The second-order valence-corrected chi connectivity index (χ2v) is 4.67. The Labute approximate surface area is 99.1 Å². The molecule has 1 heterocycles. The summed E-state index contributed by atoms with van der Waals surface area (Å²) in [6.45, 7) is 7.19. The molecule has 16 heavy (non-hydrogen) atoms. The molecule has 1 aliphatic heterocycles. The molecule has 1 rings (SSSR count). The van der Waals surface area contributed by atoms with E-state index in [0.29, 0.717) is 13.2 Å². The minimum atomic E-state index is -0.0727. The van der Waals surface area contributed by atoms with Crippen molar-refractivity contribution in [2.45, 2.75) is 46.0 Å². The van der Waals surface area contributed by atoms with Crippen LogP contribution in [0.15, 0.2) is 0 Å². The van der Waals surface area contributed by atoms with Crippen molar-refractivity contribution in [3.05, 3.63) is 0 Å². The molecule has 94 valence electrons. The molecule has 0 radical (unpaired) electrons. The molecular weight excluding hydrogens is 202 g/mol. The van der Waals surface area contributed by atoms with E-state index in [2.05, 4.69) is 11.8 Å². The van der Waals surface area contributed by atoms with E-state index in [9.17, 15) is 4.79 Å². The van der Waals surface area contributed by atoms with Crippen molar-refractivity contribution in [2.24, 2.45) is 5.92 Å². The second kappa shape index (κ2) is 7.66. The van der Waals surface area contributed by atoms with Gasteiger partial charge in [-0.05, 0) is 45.2 Å². The largest absolute Gasteiger partial charge is 0.465 e. The molecule has 0 spiro atoms. The minimum Gasteiger partial charge on any atom is -0.465 e. The van der Waals surface area contributed by atoms with E-state index in [0.717, 1.165) is 19.0 Å². The SMILES string of the molecule is CCCC1CCCN(CC(=O)OCC)CC1. The van der Waals surface area contributed by atoms with Gasteiger partial charge in [-0.1, -0.05) is 19.8 Å². The highest BCUT2D eigenvalue weighted by Gasteiger charge is 2.18. The van der Waals surface area contributed by atoms with E-state index in [1.165, 1.54) is 32.1 Å². The molecule has 1 aliphatic rings. The fourth-order valence-electron chi connectivity index (χ4n) is 2.47. The normalized spacial score (nSPS) is 22.8. The van der Waals surface area contributed by atoms with Gasteiger partial charge in [-0.3, -0.25) is 9.69 Å². The highest BCUT2D eigenvalue weighted by molar-refractivity contribution is 5.71. The van der Waals surface area contributed by atoms with E-state index >= 15 is 0 Å². The Balaban J connectivity index is 2.27. The van der Waals surface area contributed by atoms with Crippen LogP contribution in [0.1, 0.15) is 46.0 Å². The standard InChI is InChI=1S/C13H25NO2/c1-3-6-12-7-5-9-14(10-8-12)11-13(15)16-4-2/h12H,3-11H2,1-2H3. The number of carbonyl (C=O) groups excluding carboxylic acids is 1. The van der Waals surface area contributed by atoms with Gasteiger partial charge in [0.15, 0.2) is 0 Å². The van der Waals surface area contributed by atoms with Crippen LogP contribution in [-0.2, 0) is 9.53 Å². The zero-order valence-electron chi connectivity index (χ0n) is 10.7. The van der Waals surface area contributed by atoms with Crippen molar-refractivity contribution >= 4 is 5.97 Å². The van der Waals surface area contributed by atoms with Gasteiger partial charge >= 0.3 is 5.97 Å². The van der Waals surface area contributed by atoms with Crippen molar-refractivity contribution < 1.29 is 9.53 Å². The lowest BCUT2D eigenvalue weighted by Gasteiger charge is -2.18. The molecule has 0 aromatic rings. The Hall–Kier alpha value is -0.570. The number of rotatable bonds is 5. The number of hydrogen-bond donors (Lipinski definition) is 0. The van der Waals surface area contributed by atoms with E-state index in [1.54, 1.807) is 0 Å². The molecule has 0 aliphatic carbocycles. The summed E-state index contributed by atoms with van der Waals surface area (Å²) in [5, 5.41) is 0. The fraction of sp³-hybridized carbons (Fsp3) is 0.923. The molecule has 0 aromatic carbocycles. The van der Waals surface area contributed by atoms with Crippen LogP contribution >= 0.6 is 0 Å². The first-order valence-electron chi connectivity index (χ1n) is 6.64. The highest BCUT2D eigenvalue weighted by atomic mass is 16.5. The number of carbonyl (C=O) groups is 1. The Morgan fingerprint density at radius 1 is 1.31 bits per heavy atom. The maximum atomic E-state index is 11.4. The smallest absolute Gasteiger partial charge is 0.320 e. The fourth-order valence-corrected chi connectivity index (χ4v) is 2.47. The van der Waals surface area contributed by atoms with E-state index < -0.39 is 0 Å². The third kappa shape index (κ3) is 4.97. The Morgan fingerprint density at radius 3 is 2.81 bits per heavy atom. The predicted molar refractivity (Wildman–Crippen MR) is 65.3 cm³/mol. The van der Waals surface area contributed by atoms with Crippen LogP contribution in [0.2, 0.25) is 0 Å². The minimum absolute atomic E-state index is 0.0727. The quantitative estimate of drug-likeness (QED) is 0.676. The van der Waals surface area contributed by atoms with Gasteiger partial charge in [-0.25, -0.2) is 0 Å². The lowest BCUT2D eigenvalue weighted by atomic mass is 9.96. The Morgan fingerprint density at radius 2 is 2.12 bits per heavy atom. The maximum Gasteiger partial charge on any atom is 0.320 e. The summed E-state index contributed by atoms with van der Waals surface area (Å²) in [6, 6.07) is 0. The summed E-state index contributed by atoms with van der Waals surface area (Å²) in [5.41, 5.74) is 0. The topological polar surface area (TPSA) is 29.5 Å². The molecule has 3 nitrogen and oxygen atoms in total. The van der Waals surface area contributed by atoms with Gasteiger partial charge in [0.05, 0.1) is 13.2 Å². The van der Waals surface area contributed by atoms with Crippen LogP contribution in [0.3, 0.4) is 0 Å². The third-order valence-corrected chi connectivity index (χ3v) is 3.30. The first kappa shape index (κ1) is 13.5. The lowest BCUT2D eigenvalue weighted by Crippen LogP contribution is -2.32. The van der Waals surface area contributed by atoms with Crippen molar-refractivity contribution in [1.29, 1.82) is 0 Å². The molecule has 0 N–H and O–H groups in total. The monoisotopic (exact) mass is 227 g/mol. The predicted octanol–water partition coefficient (Wildman–Crippen LogP) is 2.45. The first-order valence-corrected chi connectivity index (χ1v) is 6.64. The number of likely N-dealkylation sites (tertiary alicyclic amines) is 1. The molecule has 3 heteroatoms. The van der Waals surface area contributed by atoms with Gasteiger partial charge in [0.2, 0.25) is 0 Å². The summed E-state index contributed by atoms with van der Waals surface area (Å²) in [5.74, 6) is 0.800. The van der Waals surface area contributed by atoms with Gasteiger partial charge in [-0.2, -0.15) is 0 Å². The number of esters is 1. The highest BCUT2D eigenvalue weighted by Crippen LogP contribution is 2.21. The maximum absolute atomic E-state index is 11.4. The zero-order chi connectivity index (χ0) is 11.8. The Bertz CT molecular complexity index is 206. The first-order chi connectivity index (χ1) is 7.76. The van der Waals surface area contributed by atoms with Crippen LogP contribution in [0.5, 0.6) is 0 Å². The second-order valence-electron chi connectivity index (χ2n) is 4.67. The van der Waals surface area contributed by atoms with Crippen molar-refractivity contribution in [3.63, 3.8) is 0 Å². The van der Waals surface area contributed by atoms with Crippen molar-refractivity contribution in [3.8, 4) is 0 Å². The number of nitrogens with zero attached hydrogens (tertiary/aromatic N) is 1. The summed E-state index contributed by atoms with van der Waals surface area (Å²) >= 11 is 0. The molecule has 1 saturated heterocycles. The van der Waals surface area contributed by atoms with E-state index in [1.807, 2.05) is 6.92 Å². The van der Waals surface area contributed by atoms with Gasteiger partial charge in [0.25, 0.3) is 0 Å². The molecule has 1 unspecified atom stereocenters. The van der Waals surface area contributed by atoms with Crippen LogP contribution in [0.25, 0.3) is 0 Å². The molecule has 0 bridgehead atoms. The van der Waals surface area contributed by atoms with Crippen LogP contribution in [0, 0.1) is 5.92 Å². The summed E-state index contributed by atoms with van der Waals surface area (Å²) in [7, 11) is 0. The van der Waals surface area contributed by atoms with Gasteiger partial charge in [-0.15, -0.1) is 0 Å². The van der Waals surface area contributed by atoms with E-state index in [-0.39, 0.29) is 5.97 Å². The van der Waals surface area contributed by atoms with Gasteiger partial charge in [0, 0.05) is 0 Å². The number of hydrogen-bond acceptors (Lipinski definition) is 3. The molecule has 1 fully saturated rings. The summed E-state index contributed by atoms with van der Waals surface area (Å²) < 4.78 is 4.98. The molecule has 0 saturated carbocycles. The van der Waals surface area contributed by atoms with Gasteiger partial charge < -0.3 is 4.74 Å². The third-order valence-electron chi connectivity index (χ3n) is 3.30.